The van der Waals surface area contributed by atoms with Crippen LogP contribution in [0.4, 0.5) is 0 Å². The van der Waals surface area contributed by atoms with Crippen molar-refractivity contribution in [1.82, 2.24) is 10.1 Å². The lowest BCUT2D eigenvalue weighted by Crippen LogP contribution is -1.86. The highest BCUT2D eigenvalue weighted by Crippen LogP contribution is 2.20. The molecule has 5 heteroatoms. The second kappa shape index (κ2) is 5.32. The maximum absolute atomic E-state index is 5.88. The Hall–Kier alpha value is -1.06. The van der Waals surface area contributed by atoms with Crippen LogP contribution in [0.2, 0.25) is 5.02 Å². The molecule has 1 aromatic carbocycles. The van der Waals surface area contributed by atoms with Gasteiger partial charge in [0, 0.05) is 22.9 Å². The fourth-order valence-corrected chi connectivity index (χ4v) is 1.64. The van der Waals surface area contributed by atoms with Gasteiger partial charge in [-0.25, -0.2) is 0 Å². The van der Waals surface area contributed by atoms with Gasteiger partial charge in [0.25, 0.3) is 0 Å². The number of benzene rings is 1. The topological polar surface area (TPSA) is 38.9 Å². The van der Waals surface area contributed by atoms with Crippen molar-refractivity contribution in [3.8, 4) is 11.4 Å². The van der Waals surface area contributed by atoms with E-state index in [1.807, 2.05) is 12.1 Å². The molecule has 0 aliphatic heterocycles. The van der Waals surface area contributed by atoms with Gasteiger partial charge in [0.1, 0.15) is 0 Å². The average molecular weight is 257 g/mol. The summed E-state index contributed by atoms with van der Waals surface area (Å²) in [5.41, 5.74) is 0.855. The van der Waals surface area contributed by atoms with E-state index < -0.39 is 0 Å². The van der Waals surface area contributed by atoms with Gasteiger partial charge in [-0.1, -0.05) is 28.9 Å². The molecule has 0 N–H and O–H groups in total. The zero-order valence-electron chi connectivity index (χ0n) is 8.49. The van der Waals surface area contributed by atoms with E-state index in [0.29, 0.717) is 29.0 Å². The van der Waals surface area contributed by atoms with Crippen molar-refractivity contribution < 1.29 is 4.52 Å². The maximum Gasteiger partial charge on any atom is 0.227 e. The van der Waals surface area contributed by atoms with Gasteiger partial charge in [-0.3, -0.25) is 0 Å². The van der Waals surface area contributed by atoms with Crippen molar-refractivity contribution in [2.24, 2.45) is 0 Å². The molecule has 0 radical (unpaired) electrons. The monoisotopic (exact) mass is 256 g/mol. The quantitative estimate of drug-likeness (QED) is 0.786. The predicted molar refractivity (Wildman–Crippen MR) is 63.8 cm³/mol. The minimum absolute atomic E-state index is 0.562. The molecule has 0 saturated heterocycles. The van der Waals surface area contributed by atoms with Crippen LogP contribution in [-0.2, 0) is 6.42 Å². The van der Waals surface area contributed by atoms with E-state index >= 15 is 0 Å². The minimum atomic E-state index is 0.562. The molecule has 0 unspecified atom stereocenters. The molecule has 1 heterocycles. The average Bonchev–Trinajstić information content (AvgIpc) is 2.75. The Kier molecular flexibility index (Phi) is 3.80. The fourth-order valence-electron chi connectivity index (χ4n) is 1.32. The molecule has 0 aliphatic rings. The van der Waals surface area contributed by atoms with Crippen LogP contribution in [0.3, 0.4) is 0 Å². The standard InChI is InChI=1S/C11H10Cl2N2O/c12-6-2-5-10-14-11(15-16-10)8-3-1-4-9(13)7-8/h1,3-4,7H,2,5-6H2. The summed E-state index contributed by atoms with van der Waals surface area (Å²) in [6.07, 6.45) is 1.54. The zero-order chi connectivity index (χ0) is 11.4. The van der Waals surface area contributed by atoms with Crippen molar-refractivity contribution >= 4 is 23.2 Å². The van der Waals surface area contributed by atoms with Crippen LogP contribution in [0.5, 0.6) is 0 Å². The SMILES string of the molecule is ClCCCc1nc(-c2cccc(Cl)c2)no1. The van der Waals surface area contributed by atoms with Crippen molar-refractivity contribution in [2.75, 3.05) is 5.88 Å². The number of nitrogens with zero attached hydrogens (tertiary/aromatic N) is 2. The number of rotatable bonds is 4. The lowest BCUT2D eigenvalue weighted by molar-refractivity contribution is 0.378. The number of aryl methyl sites for hydroxylation is 1. The molecule has 0 amide bonds. The molecule has 0 fully saturated rings. The first-order valence-corrected chi connectivity index (χ1v) is 5.85. The summed E-state index contributed by atoms with van der Waals surface area (Å²) in [5.74, 6) is 1.76. The highest BCUT2D eigenvalue weighted by atomic mass is 35.5. The largest absolute Gasteiger partial charge is 0.339 e. The van der Waals surface area contributed by atoms with Gasteiger partial charge < -0.3 is 4.52 Å². The Morgan fingerprint density at radius 3 is 2.94 bits per heavy atom. The Morgan fingerprint density at radius 2 is 2.19 bits per heavy atom. The summed E-state index contributed by atoms with van der Waals surface area (Å²) < 4.78 is 5.10. The van der Waals surface area contributed by atoms with Crippen LogP contribution in [0.15, 0.2) is 28.8 Å². The van der Waals surface area contributed by atoms with Crippen LogP contribution >= 0.6 is 23.2 Å². The van der Waals surface area contributed by atoms with Crippen molar-refractivity contribution in [3.63, 3.8) is 0 Å². The third kappa shape index (κ3) is 2.74. The van der Waals surface area contributed by atoms with Crippen LogP contribution in [0, 0.1) is 0 Å². The Labute approximate surface area is 103 Å². The summed E-state index contributed by atoms with van der Waals surface area (Å²) in [6.45, 7) is 0. The molecule has 0 saturated carbocycles. The Morgan fingerprint density at radius 1 is 1.31 bits per heavy atom. The molecule has 0 aliphatic carbocycles. The predicted octanol–water partition coefficient (Wildman–Crippen LogP) is 3.56. The van der Waals surface area contributed by atoms with Gasteiger partial charge >= 0.3 is 0 Å². The highest BCUT2D eigenvalue weighted by molar-refractivity contribution is 6.30. The normalized spacial score (nSPS) is 10.6. The summed E-state index contributed by atoms with van der Waals surface area (Å²) in [6, 6.07) is 7.35. The third-order valence-electron chi connectivity index (χ3n) is 2.08. The molecule has 2 rings (SSSR count). The number of halogens is 2. The number of aromatic nitrogens is 2. The minimum Gasteiger partial charge on any atom is -0.339 e. The first-order chi connectivity index (χ1) is 7.79. The van der Waals surface area contributed by atoms with Gasteiger partial charge in [0.15, 0.2) is 0 Å². The summed E-state index contributed by atoms with van der Waals surface area (Å²) in [4.78, 5) is 4.26. The second-order valence-electron chi connectivity index (χ2n) is 3.31. The summed E-state index contributed by atoms with van der Waals surface area (Å²) >= 11 is 11.5. The molecule has 16 heavy (non-hydrogen) atoms. The molecule has 1 aromatic heterocycles. The van der Waals surface area contributed by atoms with Gasteiger partial charge in [0.05, 0.1) is 0 Å². The fraction of sp³-hybridized carbons (Fsp3) is 0.273. The maximum atomic E-state index is 5.88. The lowest BCUT2D eigenvalue weighted by Gasteiger charge is -1.93. The van der Waals surface area contributed by atoms with Crippen LogP contribution < -0.4 is 0 Å². The second-order valence-corrected chi connectivity index (χ2v) is 4.13. The number of alkyl halides is 1. The number of hydrogen-bond acceptors (Lipinski definition) is 3. The van der Waals surface area contributed by atoms with Gasteiger partial charge in [-0.15, -0.1) is 11.6 Å². The number of hydrogen-bond donors (Lipinski definition) is 0. The van der Waals surface area contributed by atoms with Gasteiger partial charge in [-0.05, 0) is 18.6 Å². The lowest BCUT2D eigenvalue weighted by atomic mass is 10.2. The van der Waals surface area contributed by atoms with Crippen molar-refractivity contribution in [2.45, 2.75) is 12.8 Å². The van der Waals surface area contributed by atoms with E-state index in [2.05, 4.69) is 10.1 Å². The first kappa shape index (κ1) is 11.4. The summed E-state index contributed by atoms with van der Waals surface area (Å²) in [7, 11) is 0. The molecular weight excluding hydrogens is 247 g/mol. The van der Waals surface area contributed by atoms with E-state index in [-0.39, 0.29) is 0 Å². The molecule has 84 valence electrons. The van der Waals surface area contributed by atoms with E-state index in [9.17, 15) is 0 Å². The zero-order valence-corrected chi connectivity index (χ0v) is 10.0. The van der Waals surface area contributed by atoms with Gasteiger partial charge in [0.2, 0.25) is 11.7 Å². The molecule has 0 spiro atoms. The van der Waals surface area contributed by atoms with Crippen LogP contribution in [-0.4, -0.2) is 16.0 Å². The first-order valence-electron chi connectivity index (χ1n) is 4.94. The van der Waals surface area contributed by atoms with Crippen molar-refractivity contribution in [1.29, 1.82) is 0 Å². The van der Waals surface area contributed by atoms with Crippen molar-refractivity contribution in [3.05, 3.63) is 35.2 Å². The molecule has 0 atom stereocenters. The third-order valence-corrected chi connectivity index (χ3v) is 2.58. The van der Waals surface area contributed by atoms with Gasteiger partial charge in [-0.2, -0.15) is 4.98 Å². The van der Waals surface area contributed by atoms with E-state index in [1.165, 1.54) is 0 Å². The Balaban J connectivity index is 2.18. The molecule has 3 nitrogen and oxygen atoms in total. The van der Waals surface area contributed by atoms with E-state index in [0.717, 1.165) is 12.0 Å². The van der Waals surface area contributed by atoms with E-state index in [4.69, 9.17) is 27.7 Å². The molecular formula is C11H10Cl2N2O. The smallest absolute Gasteiger partial charge is 0.227 e. The van der Waals surface area contributed by atoms with Crippen LogP contribution in [0.1, 0.15) is 12.3 Å². The highest BCUT2D eigenvalue weighted by Gasteiger charge is 2.08. The molecule has 2 aromatic rings. The van der Waals surface area contributed by atoms with E-state index in [1.54, 1.807) is 12.1 Å². The molecule has 0 bridgehead atoms. The summed E-state index contributed by atoms with van der Waals surface area (Å²) in [5, 5.41) is 4.55. The Bertz CT molecular complexity index is 471. The van der Waals surface area contributed by atoms with Crippen LogP contribution in [0.25, 0.3) is 11.4 Å².